The summed E-state index contributed by atoms with van der Waals surface area (Å²) in [5.41, 5.74) is 10.5. The van der Waals surface area contributed by atoms with Crippen molar-refractivity contribution in [3.63, 3.8) is 0 Å². The van der Waals surface area contributed by atoms with Crippen molar-refractivity contribution >= 4 is 54.5 Å². The lowest BCUT2D eigenvalue weighted by Gasteiger charge is -2.19. The molecule has 0 saturated heterocycles. The number of rotatable bonds is 20. The Kier molecular flexibility index (Phi) is 33.3. The number of unbranched alkanes of at least 4 members (excludes halogenated alkanes) is 3. The molecular formula is C111H121S5+5. The van der Waals surface area contributed by atoms with Gasteiger partial charge >= 0.3 is 0 Å². The van der Waals surface area contributed by atoms with E-state index in [9.17, 15) is 0 Å². The van der Waals surface area contributed by atoms with E-state index in [2.05, 4.69) is 474 Å². The van der Waals surface area contributed by atoms with Gasteiger partial charge in [0, 0.05) is 17.0 Å². The minimum atomic E-state index is -0.134. The highest BCUT2D eigenvalue weighted by Gasteiger charge is 2.33. The number of terminal acetylenes is 1. The third kappa shape index (κ3) is 25.9. The molecule has 0 amide bonds. The average Bonchev–Trinajstić information content (AvgIpc) is 0.647. The normalized spacial score (nSPS) is 10.7. The van der Waals surface area contributed by atoms with Gasteiger partial charge in [0.25, 0.3) is 0 Å². The van der Waals surface area contributed by atoms with Crippen LogP contribution >= 0.6 is 0 Å². The second-order valence-corrected chi connectivity index (χ2v) is 39.3. The molecule has 590 valence electrons. The lowest BCUT2D eigenvalue weighted by Crippen LogP contribution is -2.11. The molecule has 15 aromatic carbocycles. The van der Waals surface area contributed by atoms with E-state index in [0.717, 1.165) is 5.56 Å². The summed E-state index contributed by atoms with van der Waals surface area (Å²) in [5, 5.41) is 0. The van der Waals surface area contributed by atoms with Gasteiger partial charge in [0.1, 0.15) is 0 Å². The third-order valence-electron chi connectivity index (χ3n) is 19.1. The smallest absolute Gasteiger partial charge is 0.106 e. The Morgan fingerprint density at radius 3 is 0.681 bits per heavy atom. The first-order valence-electron chi connectivity index (χ1n) is 39.9. The Labute approximate surface area is 720 Å². The van der Waals surface area contributed by atoms with Crippen molar-refractivity contribution in [2.24, 2.45) is 0 Å². The van der Waals surface area contributed by atoms with Crippen molar-refractivity contribution < 1.29 is 11.4 Å². The summed E-state index contributed by atoms with van der Waals surface area (Å²) in [6.45, 7) is 19.7. The first kappa shape index (κ1) is 85.6. The molecule has 15 rings (SSSR count). The fourth-order valence-corrected chi connectivity index (χ4v) is 23.1. The summed E-state index contributed by atoms with van der Waals surface area (Å²) in [4.78, 5) is 20.3. The molecule has 0 heterocycles. The highest BCUT2D eigenvalue weighted by molar-refractivity contribution is 7.98. The zero-order chi connectivity index (χ0) is 81.1. The van der Waals surface area contributed by atoms with Gasteiger partial charge in [0.2, 0.25) is 0 Å². The lowest BCUT2D eigenvalue weighted by molar-refractivity contribution is 0.589. The Bertz CT molecular complexity index is 5310. The van der Waals surface area contributed by atoms with E-state index >= 15 is 0 Å². The van der Waals surface area contributed by atoms with Gasteiger partial charge in [-0.1, -0.05) is 293 Å². The Morgan fingerprint density at radius 1 is 0.241 bits per heavy atom. The van der Waals surface area contributed by atoms with E-state index in [0.29, 0.717) is 0 Å². The lowest BCUT2D eigenvalue weighted by atomic mass is 9.87. The van der Waals surface area contributed by atoms with Crippen LogP contribution in [0.15, 0.2) is 480 Å². The average molecular weight is 1620 g/mol. The molecular weight excluding hydrogens is 1490 g/mol. The molecule has 0 nitrogen and oxygen atoms in total. The van der Waals surface area contributed by atoms with Gasteiger partial charge in [-0.2, -0.15) is 0 Å². The maximum absolute atomic E-state index is 5.08. The van der Waals surface area contributed by atoms with Crippen LogP contribution in [0, 0.1) is 70.6 Å². The summed E-state index contributed by atoms with van der Waals surface area (Å²) in [6, 6.07) is 147. The Balaban J connectivity index is 0.000000394. The van der Waals surface area contributed by atoms with Gasteiger partial charge in [0.15, 0.2) is 73.4 Å². The minimum absolute atomic E-state index is 0. The van der Waals surface area contributed by atoms with Crippen LogP contribution in [0.1, 0.15) is 109 Å². The molecule has 5 heteroatoms. The van der Waals surface area contributed by atoms with Crippen molar-refractivity contribution in [2.45, 2.75) is 173 Å². The van der Waals surface area contributed by atoms with Crippen LogP contribution in [0.25, 0.3) is 0 Å². The maximum atomic E-state index is 5.08. The Morgan fingerprint density at radius 2 is 0.457 bits per heavy atom. The molecule has 0 aliphatic carbocycles. The van der Waals surface area contributed by atoms with Crippen LogP contribution in [0.4, 0.5) is 0 Å². The first-order chi connectivity index (χ1) is 56.7. The Hall–Kier alpha value is -11.3. The van der Waals surface area contributed by atoms with Crippen molar-refractivity contribution in [2.75, 3.05) is 0 Å². The molecule has 0 aliphatic rings. The predicted molar refractivity (Wildman–Crippen MR) is 518 cm³/mol. The second kappa shape index (κ2) is 45.1. The number of aryl methyl sites for hydroxylation is 6. The summed E-state index contributed by atoms with van der Waals surface area (Å²) < 4.78 is 0. The maximum Gasteiger partial charge on any atom is 0.166 e. The summed E-state index contributed by atoms with van der Waals surface area (Å²) in [6.07, 6.45) is 11.6. The molecule has 0 radical (unpaired) electrons. The van der Waals surface area contributed by atoms with Crippen molar-refractivity contribution in [3.05, 3.63) is 451 Å². The van der Waals surface area contributed by atoms with Crippen LogP contribution in [-0.4, -0.2) is 0 Å². The molecule has 0 unspecified atom stereocenters. The van der Waals surface area contributed by atoms with Crippen LogP contribution in [-0.2, 0) is 66.3 Å². The molecule has 0 aromatic heterocycles. The van der Waals surface area contributed by atoms with Gasteiger partial charge in [0.05, 0.1) is 54.5 Å². The molecule has 0 spiro atoms. The van der Waals surface area contributed by atoms with Crippen molar-refractivity contribution in [1.29, 1.82) is 0 Å². The molecule has 15 aromatic rings. The van der Waals surface area contributed by atoms with E-state index < -0.39 is 0 Å². The highest BCUT2D eigenvalue weighted by Crippen LogP contribution is 2.38. The molecule has 0 fully saturated rings. The molecule has 116 heavy (non-hydrogen) atoms. The number of hydrogen-bond acceptors (Lipinski definition) is 0. The van der Waals surface area contributed by atoms with Crippen LogP contribution < -0.4 is 0 Å². The minimum Gasteiger partial charge on any atom is -0.106 e. The van der Waals surface area contributed by atoms with Gasteiger partial charge in [-0.15, -0.1) is 6.42 Å². The first-order valence-corrected chi connectivity index (χ1v) is 46.0. The third-order valence-corrected chi connectivity index (χ3v) is 30.2. The van der Waals surface area contributed by atoms with Gasteiger partial charge in [-0.3, -0.25) is 0 Å². The van der Waals surface area contributed by atoms with Gasteiger partial charge in [-0.05, 0) is 282 Å². The van der Waals surface area contributed by atoms with Gasteiger partial charge < -0.3 is 0 Å². The summed E-state index contributed by atoms with van der Waals surface area (Å²) in [5.74, 6) is 13.1. The standard InChI is InChI=1S/C24H27S.C24H15S.C22H23S.C21H21S.C20H19S.8H2/c2*1-2-3-4-7-12-21-17-19-24(20-18-21)25(22-13-8-5-9-14-22)23-15-10-6-11-16-23;1-22(2,3)18-14-16-21(17-15-18)23(19-10-6-4-7-11-19)20-12-8-5-9-13-20;1-16-4-10-19(11-5-16)22(20-12-6-17(2)7-13-20)21-14-8-18(3)9-15-21;1-16-8-12-19(13-9-16)21(18-6-4-3-5-7-18)20-14-10-17(2)11-15-20;;;;;;;;/h5-6,8-11,13-20H,2-4,7,12H2,1H3;1,5-6,8-11,13-20H;4-17H,1-3H3;4-15H,1-3H3;3-15H,1-2H3;8*1H/q5*+1;;;;;;;;. The summed E-state index contributed by atoms with van der Waals surface area (Å²) >= 11 is 0. The topological polar surface area (TPSA) is 0 Å². The molecule has 0 aliphatic heterocycles. The van der Waals surface area contributed by atoms with E-state index in [-0.39, 0.29) is 71.3 Å². The summed E-state index contributed by atoms with van der Waals surface area (Å²) in [7, 11) is -0.286. The molecule has 0 bridgehead atoms. The highest BCUT2D eigenvalue weighted by atomic mass is 32.2. The van der Waals surface area contributed by atoms with Crippen molar-refractivity contribution in [3.8, 4) is 36.0 Å². The van der Waals surface area contributed by atoms with E-state index in [1.54, 1.807) is 0 Å². The fraction of sp³-hybridized carbons (Fsp3) is 0.135. The SMILES string of the molecule is C#CC#CC#Cc1ccc([S+](c2ccccc2)c2ccccc2)cc1.CC(C)(C)c1ccc([S+](c2ccccc2)c2ccccc2)cc1.CCCCCCc1ccc([S+](c2ccccc2)c2ccccc2)cc1.Cc1ccc([S+](c2ccc(C)cc2)c2ccc(C)cc2)cc1.Cc1ccc([S+](c2ccccc2)c2ccc(C)cc2)cc1.[HH].[HH].[HH].[HH].[HH].[HH].[HH].[HH]. The largest absolute Gasteiger partial charge is 0.166 e. The molecule has 0 saturated carbocycles. The zero-order valence-corrected chi connectivity index (χ0v) is 72.4. The number of benzene rings is 15. The fourth-order valence-electron chi connectivity index (χ4n) is 12.8. The van der Waals surface area contributed by atoms with E-state index in [1.165, 1.54) is 144 Å². The molecule has 0 atom stereocenters. The van der Waals surface area contributed by atoms with E-state index in [4.69, 9.17) is 6.42 Å². The van der Waals surface area contributed by atoms with Crippen LogP contribution in [0.3, 0.4) is 0 Å². The predicted octanol–water partition coefficient (Wildman–Crippen LogP) is 30.8. The quantitative estimate of drug-likeness (QED) is 0.0405. The van der Waals surface area contributed by atoms with Crippen LogP contribution in [0.5, 0.6) is 0 Å². The number of hydrogen-bond donors (Lipinski definition) is 0. The second-order valence-electron chi connectivity index (χ2n) is 29.2. The van der Waals surface area contributed by atoms with E-state index in [1.807, 2.05) is 24.3 Å². The van der Waals surface area contributed by atoms with Crippen LogP contribution in [0.2, 0.25) is 0 Å². The van der Waals surface area contributed by atoms with Gasteiger partial charge in [-0.25, -0.2) is 0 Å². The molecule has 0 N–H and O–H groups in total. The van der Waals surface area contributed by atoms with Crippen molar-refractivity contribution in [1.82, 2.24) is 0 Å². The zero-order valence-electron chi connectivity index (χ0n) is 68.3. The monoisotopic (exact) mass is 1610 g/mol.